The number of rotatable bonds is 6. The smallest absolute Gasteiger partial charge is 0.248 e. The molecule has 1 aliphatic heterocycles. The molecule has 1 fully saturated rings. The van der Waals surface area contributed by atoms with E-state index in [9.17, 15) is 13.2 Å². The van der Waals surface area contributed by atoms with Crippen LogP contribution in [-0.2, 0) is 26.9 Å². The summed E-state index contributed by atoms with van der Waals surface area (Å²) in [6.07, 6.45) is 4.71. The van der Waals surface area contributed by atoms with Gasteiger partial charge in [-0.15, -0.1) is 0 Å². The van der Waals surface area contributed by atoms with Crippen LogP contribution in [0.25, 0.3) is 0 Å². The van der Waals surface area contributed by atoms with Crippen molar-refractivity contribution >= 4 is 15.9 Å². The van der Waals surface area contributed by atoms with Gasteiger partial charge in [-0.05, 0) is 43.6 Å². The van der Waals surface area contributed by atoms with Crippen molar-refractivity contribution in [3.63, 3.8) is 0 Å². The van der Waals surface area contributed by atoms with Crippen molar-refractivity contribution in [1.29, 1.82) is 0 Å². The quantitative estimate of drug-likeness (QED) is 0.749. The Bertz CT molecular complexity index is 887. The number of sulfonamides is 1. The maximum atomic E-state index is 13.1. The van der Waals surface area contributed by atoms with Crippen LogP contribution in [-0.4, -0.2) is 55.6 Å². The van der Waals surface area contributed by atoms with Crippen LogP contribution in [0.5, 0.6) is 0 Å². The Labute approximate surface area is 159 Å². The molecule has 3 rings (SSSR count). The molecule has 2 heterocycles. The highest BCUT2D eigenvalue weighted by Crippen LogP contribution is 2.27. The van der Waals surface area contributed by atoms with E-state index < -0.39 is 15.6 Å². The average molecular weight is 391 g/mol. The minimum Gasteiger partial charge on any atom is -0.350 e. The number of nitrogens with zero attached hydrogens (tertiary/aromatic N) is 3. The average Bonchev–Trinajstić information content (AvgIpc) is 3.22. The maximum Gasteiger partial charge on any atom is 0.248 e. The summed E-state index contributed by atoms with van der Waals surface area (Å²) in [5.41, 5.74) is -0.200. The summed E-state index contributed by atoms with van der Waals surface area (Å²) >= 11 is 0. The molecule has 1 amide bonds. The van der Waals surface area contributed by atoms with E-state index in [1.54, 1.807) is 47.4 Å². The van der Waals surface area contributed by atoms with Crippen LogP contribution in [0.2, 0.25) is 0 Å². The predicted octanol–water partition coefficient (Wildman–Crippen LogP) is 0.529. The number of benzene rings is 1. The second-order valence-electron chi connectivity index (χ2n) is 6.81. The van der Waals surface area contributed by atoms with Gasteiger partial charge in [-0.1, -0.05) is 18.2 Å². The molecule has 0 atom stereocenters. The fourth-order valence-corrected chi connectivity index (χ4v) is 4.48. The van der Waals surface area contributed by atoms with Crippen LogP contribution >= 0.6 is 0 Å². The Hall–Kier alpha value is -2.23. The Morgan fingerprint density at radius 3 is 2.59 bits per heavy atom. The molecule has 8 nitrogen and oxygen atoms in total. The summed E-state index contributed by atoms with van der Waals surface area (Å²) in [5.74, 6) is -0.148. The maximum absolute atomic E-state index is 13.1. The minimum absolute atomic E-state index is 0.137. The number of aromatic nitrogens is 2. The van der Waals surface area contributed by atoms with Gasteiger partial charge >= 0.3 is 0 Å². The lowest BCUT2D eigenvalue weighted by Crippen LogP contribution is -2.54. The van der Waals surface area contributed by atoms with E-state index in [0.717, 1.165) is 13.1 Å². The van der Waals surface area contributed by atoms with Gasteiger partial charge in [-0.25, -0.2) is 12.7 Å². The summed E-state index contributed by atoms with van der Waals surface area (Å²) in [5, 5.41) is 10.5. The molecule has 1 aromatic heterocycles. The molecule has 1 aromatic carbocycles. The minimum atomic E-state index is -3.58. The molecule has 1 saturated heterocycles. The molecular weight excluding hydrogens is 366 g/mol. The number of nitrogens with one attached hydrogen (secondary N) is 2. The molecule has 146 valence electrons. The summed E-state index contributed by atoms with van der Waals surface area (Å²) in [7, 11) is -0.599. The third-order valence-electron chi connectivity index (χ3n) is 4.97. The molecule has 2 aromatic rings. The SMILES string of the molecule is CN(C)S(=O)(=O)c1ccccc1CNC(=O)C1(n2cccn2)CCNCC1. The summed E-state index contributed by atoms with van der Waals surface area (Å²) in [4.78, 5) is 13.3. The third kappa shape index (κ3) is 3.76. The van der Waals surface area contributed by atoms with Gasteiger partial charge in [-0.3, -0.25) is 9.48 Å². The summed E-state index contributed by atoms with van der Waals surface area (Å²) in [6.45, 7) is 1.58. The molecule has 1 aliphatic rings. The van der Waals surface area contributed by atoms with Crippen molar-refractivity contribution in [3.05, 3.63) is 48.3 Å². The number of amides is 1. The summed E-state index contributed by atoms with van der Waals surface area (Å²) in [6, 6.07) is 8.53. The van der Waals surface area contributed by atoms with E-state index in [4.69, 9.17) is 0 Å². The topological polar surface area (TPSA) is 96.3 Å². The first kappa shape index (κ1) is 19.5. The highest BCUT2D eigenvalue weighted by molar-refractivity contribution is 7.89. The molecule has 0 bridgehead atoms. The predicted molar refractivity (Wildman–Crippen MR) is 101 cm³/mol. The molecule has 0 radical (unpaired) electrons. The van der Waals surface area contributed by atoms with E-state index in [-0.39, 0.29) is 17.3 Å². The highest BCUT2D eigenvalue weighted by Gasteiger charge is 2.41. The van der Waals surface area contributed by atoms with E-state index in [1.165, 1.54) is 18.4 Å². The van der Waals surface area contributed by atoms with Gasteiger partial charge in [0.25, 0.3) is 0 Å². The summed E-state index contributed by atoms with van der Waals surface area (Å²) < 4.78 is 28.0. The van der Waals surface area contributed by atoms with Gasteiger partial charge in [0.2, 0.25) is 15.9 Å². The molecule has 2 N–H and O–H groups in total. The Morgan fingerprint density at radius 2 is 1.96 bits per heavy atom. The lowest BCUT2D eigenvalue weighted by atomic mass is 9.87. The lowest BCUT2D eigenvalue weighted by Gasteiger charge is -2.36. The van der Waals surface area contributed by atoms with Gasteiger partial charge in [0.05, 0.1) is 4.90 Å². The normalized spacial score (nSPS) is 17.0. The Kier molecular flexibility index (Phi) is 5.64. The Morgan fingerprint density at radius 1 is 1.26 bits per heavy atom. The van der Waals surface area contributed by atoms with Gasteiger partial charge in [0.1, 0.15) is 5.54 Å². The van der Waals surface area contributed by atoms with Gasteiger partial charge in [0.15, 0.2) is 0 Å². The van der Waals surface area contributed by atoms with Crippen LogP contribution < -0.4 is 10.6 Å². The first-order valence-corrected chi connectivity index (χ1v) is 10.3. The molecule has 0 saturated carbocycles. The van der Waals surface area contributed by atoms with Crippen LogP contribution in [0.3, 0.4) is 0 Å². The number of carbonyl (C=O) groups is 1. The fourth-order valence-electron chi connectivity index (χ4n) is 3.36. The zero-order valence-electron chi connectivity index (χ0n) is 15.6. The van der Waals surface area contributed by atoms with E-state index in [2.05, 4.69) is 15.7 Å². The van der Waals surface area contributed by atoms with Crippen LogP contribution in [0.4, 0.5) is 0 Å². The third-order valence-corrected chi connectivity index (χ3v) is 6.88. The monoisotopic (exact) mass is 391 g/mol. The van der Waals surface area contributed by atoms with E-state index in [1.807, 2.05) is 0 Å². The first-order chi connectivity index (χ1) is 12.9. The first-order valence-electron chi connectivity index (χ1n) is 8.87. The van der Waals surface area contributed by atoms with Crippen molar-refractivity contribution in [3.8, 4) is 0 Å². The second-order valence-corrected chi connectivity index (χ2v) is 8.93. The van der Waals surface area contributed by atoms with E-state index >= 15 is 0 Å². The van der Waals surface area contributed by atoms with Crippen molar-refractivity contribution < 1.29 is 13.2 Å². The van der Waals surface area contributed by atoms with Gasteiger partial charge in [0, 0.05) is 33.0 Å². The Balaban J connectivity index is 1.84. The van der Waals surface area contributed by atoms with Gasteiger partial charge in [-0.2, -0.15) is 5.10 Å². The van der Waals surface area contributed by atoms with E-state index in [0.29, 0.717) is 18.4 Å². The van der Waals surface area contributed by atoms with Crippen LogP contribution in [0, 0.1) is 0 Å². The van der Waals surface area contributed by atoms with Gasteiger partial charge < -0.3 is 10.6 Å². The zero-order chi connectivity index (χ0) is 19.5. The molecule has 0 unspecified atom stereocenters. The van der Waals surface area contributed by atoms with Crippen molar-refractivity contribution in [2.45, 2.75) is 29.8 Å². The van der Waals surface area contributed by atoms with Crippen molar-refractivity contribution in [2.75, 3.05) is 27.2 Å². The fraction of sp³-hybridized carbons (Fsp3) is 0.444. The second kappa shape index (κ2) is 7.79. The van der Waals surface area contributed by atoms with Crippen LogP contribution in [0.15, 0.2) is 47.6 Å². The molecular formula is C18H25N5O3S. The number of hydrogen-bond donors (Lipinski definition) is 2. The number of hydrogen-bond acceptors (Lipinski definition) is 5. The zero-order valence-corrected chi connectivity index (χ0v) is 16.4. The lowest BCUT2D eigenvalue weighted by molar-refractivity contribution is -0.132. The van der Waals surface area contributed by atoms with Crippen LogP contribution in [0.1, 0.15) is 18.4 Å². The van der Waals surface area contributed by atoms with Crippen molar-refractivity contribution in [1.82, 2.24) is 24.7 Å². The molecule has 0 aliphatic carbocycles. The highest BCUT2D eigenvalue weighted by atomic mass is 32.2. The molecule has 27 heavy (non-hydrogen) atoms. The number of piperidine rings is 1. The largest absolute Gasteiger partial charge is 0.350 e. The number of carbonyl (C=O) groups excluding carboxylic acids is 1. The molecule has 9 heteroatoms. The standard InChI is InChI=1S/C18H25N5O3S/c1-22(2)27(25,26)16-7-4-3-6-15(16)14-20-17(24)18(8-11-19-12-9-18)23-13-5-10-21-23/h3-7,10,13,19H,8-9,11-12,14H2,1-2H3,(H,20,24). The van der Waals surface area contributed by atoms with Crippen molar-refractivity contribution in [2.24, 2.45) is 0 Å². The molecule has 0 spiro atoms.